The maximum atomic E-state index is 10.3. The van der Waals surface area contributed by atoms with Gasteiger partial charge in [-0.15, -0.1) is 0 Å². The number of aliphatic hydroxyl groups excluding tert-OH is 2. The first kappa shape index (κ1) is 13.6. The van der Waals surface area contributed by atoms with Crippen LogP contribution in [-0.4, -0.2) is 59.8 Å². The molecule has 3 heterocycles. The molecule has 3 N–H and O–H groups in total. The van der Waals surface area contributed by atoms with Gasteiger partial charge in [-0.2, -0.15) is 4.98 Å². The van der Waals surface area contributed by atoms with E-state index in [0.29, 0.717) is 0 Å². The minimum absolute atomic E-state index is 0.176. The van der Waals surface area contributed by atoms with Gasteiger partial charge in [-0.1, -0.05) is 6.42 Å². The van der Waals surface area contributed by atoms with Crippen LogP contribution in [0.4, 0.5) is 0 Å². The number of hydrogen-bond donors (Lipinski definition) is 3. The van der Waals surface area contributed by atoms with E-state index in [1.54, 1.807) is 0 Å². The second-order valence-corrected chi connectivity index (χ2v) is 4.46. The second kappa shape index (κ2) is 5.17. The fourth-order valence-corrected chi connectivity index (χ4v) is 2.35. The molecule has 4 atom stereocenters. The van der Waals surface area contributed by atoms with Crippen molar-refractivity contribution in [1.29, 1.82) is 0 Å². The van der Waals surface area contributed by atoms with Gasteiger partial charge in [-0.05, 0) is 0 Å². The molecule has 1 aliphatic rings. The van der Waals surface area contributed by atoms with E-state index in [4.69, 9.17) is 15.9 Å². The number of imidazole rings is 1. The van der Waals surface area contributed by atoms with Crippen LogP contribution in [0.3, 0.4) is 0 Å². The molecule has 0 aliphatic carbocycles. The quantitative estimate of drug-likeness (QED) is 0.600. The summed E-state index contributed by atoms with van der Waals surface area (Å²) < 4.78 is 11.9. The minimum Gasteiger partial charge on any atom is -0.492 e. The number of fused-ring (bicyclic) bond motifs is 1. The normalized spacial score (nSPS) is 28.6. The van der Waals surface area contributed by atoms with Gasteiger partial charge in [0, 0.05) is 0 Å². The van der Waals surface area contributed by atoms with Gasteiger partial charge in [0.25, 0.3) is 0 Å². The van der Waals surface area contributed by atoms with Gasteiger partial charge in [-0.3, -0.25) is 4.57 Å². The molecule has 0 saturated carbocycles. The van der Waals surface area contributed by atoms with Crippen LogP contribution in [0.25, 0.3) is 11.2 Å². The molecule has 9 heteroatoms. The van der Waals surface area contributed by atoms with Crippen LogP contribution in [0.15, 0.2) is 12.7 Å². The Hall–Kier alpha value is -2.41. The topological polar surface area (TPSA) is 123 Å². The van der Waals surface area contributed by atoms with Crippen LogP contribution < -0.4 is 0 Å². The smallest absolute Gasteiger partial charge is 0.242 e. The Morgan fingerprint density at radius 3 is 2.95 bits per heavy atom. The maximum absolute atomic E-state index is 10.3. The highest BCUT2D eigenvalue weighted by Gasteiger charge is 2.46. The molecular weight excluding hydrogens is 280 g/mol. The Kier molecular flexibility index (Phi) is 3.34. The molecule has 9 nitrogen and oxygen atoms in total. The number of aliphatic hydroxyl groups is 2. The zero-order valence-corrected chi connectivity index (χ0v) is 10.7. The lowest BCUT2D eigenvalue weighted by atomic mass is 10.1. The highest BCUT2D eigenvalue weighted by atomic mass is 16.6. The summed E-state index contributed by atoms with van der Waals surface area (Å²) >= 11 is 0. The van der Waals surface area contributed by atoms with E-state index in [1.165, 1.54) is 10.9 Å². The van der Waals surface area contributed by atoms with Gasteiger partial charge in [-0.25, -0.2) is 9.97 Å². The van der Waals surface area contributed by atoms with Gasteiger partial charge < -0.3 is 24.8 Å². The van der Waals surface area contributed by atoms with E-state index in [9.17, 15) is 15.3 Å². The van der Waals surface area contributed by atoms with Crippen LogP contribution in [-0.2, 0) is 9.47 Å². The lowest BCUT2D eigenvalue weighted by molar-refractivity contribution is -0.0510. The largest absolute Gasteiger partial charge is 0.492 e. The first-order chi connectivity index (χ1) is 10.2. The standard InChI is InChI=1S/C12H12N4O5/c1-2-20-9-6(3-17)21-12(8(9)18)16-5-15-7-10(16)13-4-14-11(7)19/h1,4-6,8-9,12,17-18H,3H2,(H,13,14,19)/t6-,8?,9?,12-/m1/s1. The van der Waals surface area contributed by atoms with E-state index >= 15 is 0 Å². The summed E-state index contributed by atoms with van der Waals surface area (Å²) in [5.41, 5.74) is 0.458. The average Bonchev–Trinajstić information content (AvgIpc) is 3.03. The minimum atomic E-state index is -1.13. The molecule has 0 radical (unpaired) electrons. The first-order valence-electron chi connectivity index (χ1n) is 6.09. The molecule has 0 amide bonds. The Labute approximate surface area is 118 Å². The van der Waals surface area contributed by atoms with Gasteiger partial charge >= 0.3 is 0 Å². The summed E-state index contributed by atoms with van der Waals surface area (Å²) in [5, 5.41) is 29.2. The molecule has 0 aromatic carbocycles. The molecular formula is C12H12N4O5. The highest BCUT2D eigenvalue weighted by molar-refractivity contribution is 5.75. The highest BCUT2D eigenvalue weighted by Crippen LogP contribution is 2.33. The number of nitrogens with zero attached hydrogens (tertiary/aromatic N) is 4. The summed E-state index contributed by atoms with van der Waals surface area (Å²) in [6.45, 7) is -0.368. The second-order valence-electron chi connectivity index (χ2n) is 4.46. The van der Waals surface area contributed by atoms with Gasteiger partial charge in [0.2, 0.25) is 5.88 Å². The summed E-state index contributed by atoms with van der Waals surface area (Å²) in [7, 11) is 0. The first-order valence-corrected chi connectivity index (χ1v) is 6.09. The lowest BCUT2D eigenvalue weighted by Gasteiger charge is -2.17. The van der Waals surface area contributed by atoms with E-state index in [2.05, 4.69) is 15.0 Å². The van der Waals surface area contributed by atoms with E-state index < -0.39 is 24.5 Å². The number of ether oxygens (including phenoxy) is 2. The number of rotatable bonds is 3. The van der Waals surface area contributed by atoms with E-state index in [-0.39, 0.29) is 23.7 Å². The Morgan fingerprint density at radius 2 is 2.24 bits per heavy atom. The maximum Gasteiger partial charge on any atom is 0.242 e. The van der Waals surface area contributed by atoms with Gasteiger partial charge in [0.05, 0.1) is 12.9 Å². The summed E-state index contributed by atoms with van der Waals surface area (Å²) in [6.07, 6.45) is 5.86. The third-order valence-corrected chi connectivity index (χ3v) is 3.31. The van der Waals surface area contributed by atoms with E-state index in [1.807, 2.05) is 6.11 Å². The van der Waals surface area contributed by atoms with Crippen molar-refractivity contribution >= 4 is 11.2 Å². The number of hydrogen-bond acceptors (Lipinski definition) is 8. The third-order valence-electron chi connectivity index (χ3n) is 3.31. The van der Waals surface area contributed by atoms with Crippen molar-refractivity contribution in [2.45, 2.75) is 24.5 Å². The van der Waals surface area contributed by atoms with Crippen LogP contribution in [0.2, 0.25) is 0 Å². The van der Waals surface area contributed by atoms with Crippen molar-refractivity contribution in [3.05, 3.63) is 12.7 Å². The number of aromatic hydroxyl groups is 1. The summed E-state index contributed by atoms with van der Waals surface area (Å²) in [4.78, 5) is 11.6. The molecule has 110 valence electrons. The molecule has 21 heavy (non-hydrogen) atoms. The predicted molar refractivity (Wildman–Crippen MR) is 67.7 cm³/mol. The number of aromatic nitrogens is 4. The fourth-order valence-electron chi connectivity index (χ4n) is 2.35. The molecule has 0 bridgehead atoms. The number of terminal acetylenes is 1. The average molecular weight is 292 g/mol. The molecule has 2 aromatic heterocycles. The Morgan fingerprint density at radius 1 is 1.43 bits per heavy atom. The zero-order valence-electron chi connectivity index (χ0n) is 10.7. The third kappa shape index (κ3) is 2.06. The van der Waals surface area contributed by atoms with Crippen LogP contribution in [0, 0.1) is 12.5 Å². The molecule has 1 aliphatic heterocycles. The lowest BCUT2D eigenvalue weighted by Crippen LogP contribution is -2.35. The zero-order chi connectivity index (χ0) is 15.0. The SMILES string of the molecule is C#COC1C(O)[C@H](n2cnc3c(O)ncnc32)O[C@@H]1CO. The monoisotopic (exact) mass is 292 g/mol. The molecule has 3 rings (SSSR count). The summed E-state index contributed by atoms with van der Waals surface area (Å²) in [6, 6.07) is 0. The Balaban J connectivity index is 2.00. The molecule has 2 aromatic rings. The van der Waals surface area contributed by atoms with Crippen LogP contribution in [0.5, 0.6) is 5.88 Å². The van der Waals surface area contributed by atoms with Crippen LogP contribution in [0.1, 0.15) is 6.23 Å². The molecule has 1 saturated heterocycles. The van der Waals surface area contributed by atoms with Crippen molar-refractivity contribution in [2.24, 2.45) is 0 Å². The molecule has 1 fully saturated rings. The van der Waals surface area contributed by atoms with Crippen molar-refractivity contribution in [3.63, 3.8) is 0 Å². The van der Waals surface area contributed by atoms with Gasteiger partial charge in [0.15, 0.2) is 23.5 Å². The van der Waals surface area contributed by atoms with Crippen molar-refractivity contribution in [2.75, 3.05) is 6.61 Å². The fraction of sp³-hybridized carbons (Fsp3) is 0.417. The van der Waals surface area contributed by atoms with Crippen molar-refractivity contribution in [1.82, 2.24) is 19.5 Å². The molecule has 0 spiro atoms. The van der Waals surface area contributed by atoms with Crippen molar-refractivity contribution in [3.8, 4) is 18.4 Å². The van der Waals surface area contributed by atoms with E-state index in [0.717, 1.165) is 6.33 Å². The Bertz CT molecular complexity index is 697. The van der Waals surface area contributed by atoms with Gasteiger partial charge in [0.1, 0.15) is 24.6 Å². The summed E-state index contributed by atoms with van der Waals surface area (Å²) in [5.74, 6) is -0.277. The van der Waals surface area contributed by atoms with Crippen molar-refractivity contribution < 1.29 is 24.8 Å². The molecule has 2 unspecified atom stereocenters. The van der Waals surface area contributed by atoms with Crippen LogP contribution >= 0.6 is 0 Å². The predicted octanol–water partition coefficient (Wildman–Crippen LogP) is -1.24.